The van der Waals surface area contributed by atoms with Crippen LogP contribution in [0.2, 0.25) is 0 Å². The Kier molecular flexibility index (Phi) is 8.25. The number of aromatic amines is 1. The standard InChI is InChI=1S/C14H16BrFN2O.C7H5F3/c1-2-12(16)8-18(9-15)14(19)11-3-4-13-10(7-11)5-6-17-13;8-7(9,10)6-4-2-1-3-5-6/h3-7,12,17H,2,8-9H2,1H3;1-5H. The molecule has 1 N–H and O–H groups in total. The van der Waals surface area contributed by atoms with Crippen LogP contribution in [0.3, 0.4) is 0 Å². The molecule has 0 radical (unpaired) electrons. The third kappa shape index (κ3) is 6.59. The van der Waals surface area contributed by atoms with Crippen molar-refractivity contribution in [1.82, 2.24) is 9.88 Å². The van der Waals surface area contributed by atoms with E-state index in [1.54, 1.807) is 19.1 Å². The van der Waals surface area contributed by atoms with Crippen LogP contribution in [0.15, 0.2) is 60.8 Å². The molecule has 8 heteroatoms. The lowest BCUT2D eigenvalue weighted by molar-refractivity contribution is -0.137. The Morgan fingerprint density at radius 3 is 2.38 bits per heavy atom. The van der Waals surface area contributed by atoms with Gasteiger partial charge in [0.1, 0.15) is 6.17 Å². The summed E-state index contributed by atoms with van der Waals surface area (Å²) in [5.74, 6) is -0.156. The Bertz CT molecular complexity index is 912. The van der Waals surface area contributed by atoms with Crippen molar-refractivity contribution < 1.29 is 22.4 Å². The van der Waals surface area contributed by atoms with Crippen LogP contribution in [0.25, 0.3) is 10.9 Å². The average molecular weight is 473 g/mol. The molecule has 0 bridgehead atoms. The molecular formula is C21H21BrF4N2O. The zero-order chi connectivity index (χ0) is 21.4. The third-order valence-electron chi connectivity index (χ3n) is 4.19. The number of amides is 1. The van der Waals surface area contributed by atoms with E-state index in [0.717, 1.165) is 23.0 Å². The van der Waals surface area contributed by atoms with Gasteiger partial charge in [0.05, 0.1) is 17.6 Å². The second kappa shape index (κ2) is 10.4. The first-order chi connectivity index (χ1) is 13.8. The van der Waals surface area contributed by atoms with Gasteiger partial charge in [0.2, 0.25) is 0 Å². The summed E-state index contributed by atoms with van der Waals surface area (Å²) >= 11 is 3.25. The highest BCUT2D eigenvalue weighted by molar-refractivity contribution is 9.09. The van der Waals surface area contributed by atoms with E-state index >= 15 is 0 Å². The number of H-pyrrole nitrogens is 1. The topological polar surface area (TPSA) is 36.1 Å². The molecule has 3 rings (SSSR count). The molecule has 0 saturated heterocycles. The lowest BCUT2D eigenvalue weighted by atomic mass is 10.1. The van der Waals surface area contributed by atoms with Gasteiger partial charge in [-0.25, -0.2) is 4.39 Å². The molecule has 1 amide bonds. The van der Waals surface area contributed by atoms with E-state index in [2.05, 4.69) is 20.9 Å². The number of aromatic nitrogens is 1. The second-order valence-electron chi connectivity index (χ2n) is 6.30. The van der Waals surface area contributed by atoms with Crippen LogP contribution < -0.4 is 0 Å². The number of nitrogens with one attached hydrogen (secondary N) is 1. The molecule has 29 heavy (non-hydrogen) atoms. The molecule has 0 aliphatic carbocycles. The normalized spacial score (nSPS) is 12.2. The first kappa shape index (κ1) is 22.9. The number of fused-ring (bicyclic) bond motifs is 1. The van der Waals surface area contributed by atoms with Crippen molar-refractivity contribution in [2.45, 2.75) is 25.7 Å². The molecule has 0 spiro atoms. The van der Waals surface area contributed by atoms with Gasteiger partial charge < -0.3 is 9.88 Å². The Balaban J connectivity index is 0.000000253. The van der Waals surface area contributed by atoms with Crippen LogP contribution in [0, 0.1) is 0 Å². The second-order valence-corrected chi connectivity index (χ2v) is 6.80. The number of rotatable bonds is 5. The lowest BCUT2D eigenvalue weighted by Crippen LogP contribution is -2.35. The van der Waals surface area contributed by atoms with Crippen LogP contribution in [0.1, 0.15) is 29.3 Å². The quantitative estimate of drug-likeness (QED) is 0.259. The average Bonchev–Trinajstić information content (AvgIpc) is 3.19. The number of hydrogen-bond acceptors (Lipinski definition) is 1. The van der Waals surface area contributed by atoms with E-state index < -0.39 is 17.9 Å². The van der Waals surface area contributed by atoms with E-state index in [-0.39, 0.29) is 12.5 Å². The van der Waals surface area contributed by atoms with Crippen molar-refractivity contribution in [3.05, 3.63) is 71.9 Å². The van der Waals surface area contributed by atoms with Gasteiger partial charge in [0.25, 0.3) is 5.91 Å². The van der Waals surface area contributed by atoms with Gasteiger partial charge in [-0.15, -0.1) is 0 Å². The smallest absolute Gasteiger partial charge is 0.361 e. The lowest BCUT2D eigenvalue weighted by Gasteiger charge is -2.21. The minimum Gasteiger partial charge on any atom is -0.361 e. The van der Waals surface area contributed by atoms with Crippen LogP contribution in [0.4, 0.5) is 17.6 Å². The van der Waals surface area contributed by atoms with Gasteiger partial charge in [-0.05, 0) is 30.7 Å². The minimum absolute atomic E-state index is 0.117. The van der Waals surface area contributed by atoms with Crippen molar-refractivity contribution in [3.8, 4) is 0 Å². The summed E-state index contributed by atoms with van der Waals surface area (Å²) in [5, 5.41) is 0.979. The first-order valence-corrected chi connectivity index (χ1v) is 10.1. The minimum atomic E-state index is -4.21. The van der Waals surface area contributed by atoms with E-state index in [0.29, 0.717) is 17.4 Å². The largest absolute Gasteiger partial charge is 0.416 e. The van der Waals surface area contributed by atoms with Crippen LogP contribution in [-0.4, -0.2) is 34.0 Å². The highest BCUT2D eigenvalue weighted by atomic mass is 79.9. The number of carbonyl (C=O) groups excluding carboxylic acids is 1. The van der Waals surface area contributed by atoms with E-state index in [1.807, 2.05) is 24.4 Å². The third-order valence-corrected chi connectivity index (χ3v) is 4.80. The van der Waals surface area contributed by atoms with E-state index in [1.165, 1.54) is 17.0 Å². The Morgan fingerprint density at radius 1 is 1.14 bits per heavy atom. The molecule has 3 aromatic rings. The highest BCUT2D eigenvalue weighted by Gasteiger charge is 2.29. The van der Waals surface area contributed by atoms with Crippen molar-refractivity contribution in [1.29, 1.82) is 0 Å². The highest BCUT2D eigenvalue weighted by Crippen LogP contribution is 2.28. The number of benzene rings is 2. The number of hydrogen-bond donors (Lipinski definition) is 1. The summed E-state index contributed by atoms with van der Waals surface area (Å²) in [6, 6.07) is 13.7. The zero-order valence-corrected chi connectivity index (χ0v) is 17.3. The number of nitrogens with zero attached hydrogens (tertiary/aromatic N) is 1. The maximum absolute atomic E-state index is 13.4. The van der Waals surface area contributed by atoms with Crippen LogP contribution in [-0.2, 0) is 6.18 Å². The molecule has 0 fully saturated rings. The fraction of sp³-hybridized carbons (Fsp3) is 0.286. The molecule has 0 aliphatic heterocycles. The summed E-state index contributed by atoms with van der Waals surface area (Å²) in [6.45, 7) is 1.89. The Labute approximate surface area is 174 Å². The monoisotopic (exact) mass is 472 g/mol. The molecule has 1 unspecified atom stereocenters. The van der Waals surface area contributed by atoms with Crippen molar-refractivity contribution in [2.24, 2.45) is 0 Å². The summed E-state index contributed by atoms with van der Waals surface area (Å²) < 4.78 is 48.8. The van der Waals surface area contributed by atoms with Crippen molar-refractivity contribution in [3.63, 3.8) is 0 Å². The fourth-order valence-corrected chi connectivity index (χ4v) is 2.98. The summed E-state index contributed by atoms with van der Waals surface area (Å²) in [5.41, 5.74) is 1.29. The van der Waals surface area contributed by atoms with Gasteiger partial charge in [-0.1, -0.05) is 53.2 Å². The maximum Gasteiger partial charge on any atom is 0.416 e. The van der Waals surface area contributed by atoms with Crippen LogP contribution >= 0.6 is 15.9 Å². The SMILES string of the molecule is CCC(F)CN(CBr)C(=O)c1ccc2[nH]ccc2c1.FC(F)(F)c1ccccc1. The number of halogens is 5. The van der Waals surface area contributed by atoms with Crippen molar-refractivity contribution in [2.75, 3.05) is 12.0 Å². The molecule has 2 aromatic carbocycles. The Morgan fingerprint density at radius 2 is 1.83 bits per heavy atom. The van der Waals surface area contributed by atoms with Crippen LogP contribution in [0.5, 0.6) is 0 Å². The van der Waals surface area contributed by atoms with Gasteiger partial charge in [-0.3, -0.25) is 4.79 Å². The summed E-state index contributed by atoms with van der Waals surface area (Å²) in [6.07, 6.45) is -2.96. The molecule has 1 heterocycles. The molecule has 156 valence electrons. The van der Waals surface area contributed by atoms with Gasteiger partial charge in [0.15, 0.2) is 0 Å². The predicted molar refractivity (Wildman–Crippen MR) is 110 cm³/mol. The van der Waals surface area contributed by atoms with Crippen molar-refractivity contribution >= 4 is 32.7 Å². The molecular weight excluding hydrogens is 452 g/mol. The van der Waals surface area contributed by atoms with E-state index in [4.69, 9.17) is 0 Å². The van der Waals surface area contributed by atoms with Gasteiger partial charge >= 0.3 is 6.18 Å². The zero-order valence-electron chi connectivity index (χ0n) is 15.7. The summed E-state index contributed by atoms with van der Waals surface area (Å²) in [7, 11) is 0. The fourth-order valence-electron chi connectivity index (χ4n) is 2.55. The van der Waals surface area contributed by atoms with Gasteiger partial charge in [0, 0.05) is 22.7 Å². The molecule has 0 aliphatic rings. The Hall–Kier alpha value is -2.35. The molecule has 1 atom stereocenters. The predicted octanol–water partition coefficient (Wildman–Crippen LogP) is 6.42. The first-order valence-electron chi connectivity index (χ1n) is 8.95. The van der Waals surface area contributed by atoms with E-state index in [9.17, 15) is 22.4 Å². The maximum atomic E-state index is 13.4. The molecule has 3 nitrogen and oxygen atoms in total. The molecule has 1 aromatic heterocycles. The van der Waals surface area contributed by atoms with Gasteiger partial charge in [-0.2, -0.15) is 13.2 Å². The molecule has 0 saturated carbocycles. The number of alkyl halides is 5. The summed E-state index contributed by atoms with van der Waals surface area (Å²) in [4.78, 5) is 16.9. The number of carbonyl (C=O) groups is 1.